The summed E-state index contributed by atoms with van der Waals surface area (Å²) in [6.07, 6.45) is 7.32. The lowest BCUT2D eigenvalue weighted by molar-refractivity contribution is 0.253. The maximum Gasteiger partial charge on any atom is 0.180 e. The molecule has 0 atom stereocenters. The number of H-pyrrole nitrogens is 1. The molecule has 1 aliphatic rings. The Morgan fingerprint density at radius 3 is 2.54 bits per heavy atom. The number of pyridine rings is 1. The lowest BCUT2D eigenvalue weighted by Crippen LogP contribution is -2.40. The molecule has 0 radical (unpaired) electrons. The number of ether oxygens (including phenoxy) is 1. The van der Waals surface area contributed by atoms with Gasteiger partial charge in [0.25, 0.3) is 0 Å². The Balaban J connectivity index is 1.36. The first-order chi connectivity index (χ1) is 17.3. The van der Waals surface area contributed by atoms with Crippen molar-refractivity contribution in [1.82, 2.24) is 36.2 Å². The van der Waals surface area contributed by atoms with Gasteiger partial charge >= 0.3 is 0 Å². The summed E-state index contributed by atoms with van der Waals surface area (Å²) in [6, 6.07) is 20.1. The minimum atomic E-state index is 0.620. The monoisotopic (exact) mass is 468 g/mol. The molecule has 0 unspecified atom stereocenters. The molecule has 0 aliphatic carbocycles. The summed E-state index contributed by atoms with van der Waals surface area (Å²) in [4.78, 5) is 4.76. The number of hydrogen-bond donors (Lipinski definition) is 2. The van der Waals surface area contributed by atoms with Crippen molar-refractivity contribution in [2.75, 3.05) is 12.1 Å². The Bertz CT molecular complexity index is 1290. The molecule has 35 heavy (non-hydrogen) atoms. The number of tetrazole rings is 1. The molecular formula is C26H28N8O. The molecule has 0 fully saturated rings. The van der Waals surface area contributed by atoms with E-state index >= 15 is 0 Å². The highest BCUT2D eigenvalue weighted by Crippen LogP contribution is 2.32. The minimum absolute atomic E-state index is 0.620. The Hall–Kier alpha value is -4.24. The van der Waals surface area contributed by atoms with Gasteiger partial charge < -0.3 is 4.74 Å². The second-order valence-electron chi connectivity index (χ2n) is 8.30. The van der Waals surface area contributed by atoms with E-state index in [1.165, 1.54) is 5.70 Å². The molecule has 3 heterocycles. The zero-order valence-corrected chi connectivity index (χ0v) is 19.8. The lowest BCUT2D eigenvalue weighted by atomic mass is 10.0. The summed E-state index contributed by atoms with van der Waals surface area (Å²) in [5.74, 6) is 1.44. The molecule has 9 nitrogen and oxygen atoms in total. The van der Waals surface area contributed by atoms with E-state index < -0.39 is 0 Å². The third-order valence-electron chi connectivity index (χ3n) is 5.95. The maximum atomic E-state index is 5.57. The second kappa shape index (κ2) is 10.4. The van der Waals surface area contributed by atoms with Crippen LogP contribution in [0.25, 0.3) is 22.6 Å². The van der Waals surface area contributed by atoms with Crippen LogP contribution in [-0.4, -0.2) is 37.7 Å². The molecule has 2 N–H and O–H groups in total. The first kappa shape index (κ1) is 22.5. The largest absolute Gasteiger partial charge is 0.495 e. The number of benzene rings is 2. The number of hydrazine groups is 2. The minimum Gasteiger partial charge on any atom is -0.495 e. The number of aromatic nitrogens is 5. The lowest BCUT2D eigenvalue weighted by Gasteiger charge is -2.26. The molecule has 4 aromatic rings. The number of allylic oxidation sites excluding steroid dienone is 1. The van der Waals surface area contributed by atoms with Gasteiger partial charge in [-0.1, -0.05) is 55.8 Å². The van der Waals surface area contributed by atoms with E-state index in [2.05, 4.69) is 50.4 Å². The maximum absolute atomic E-state index is 5.57. The fourth-order valence-corrected chi connectivity index (χ4v) is 4.13. The van der Waals surface area contributed by atoms with Gasteiger partial charge in [-0.15, -0.1) is 10.6 Å². The molecule has 178 valence electrons. The van der Waals surface area contributed by atoms with Crippen molar-refractivity contribution in [3.63, 3.8) is 0 Å². The fourth-order valence-electron chi connectivity index (χ4n) is 4.13. The number of nitrogens with zero attached hydrogens (tertiary/aromatic N) is 6. The van der Waals surface area contributed by atoms with Crippen LogP contribution in [0.15, 0.2) is 78.8 Å². The van der Waals surface area contributed by atoms with Crippen LogP contribution in [0.1, 0.15) is 31.7 Å². The first-order valence-corrected chi connectivity index (χ1v) is 11.7. The normalized spacial score (nSPS) is 13.3. The van der Waals surface area contributed by atoms with Crippen LogP contribution in [-0.2, 0) is 6.54 Å². The average molecular weight is 469 g/mol. The van der Waals surface area contributed by atoms with Gasteiger partial charge in [-0.3, -0.25) is 15.0 Å². The predicted octanol–water partition coefficient (Wildman–Crippen LogP) is 4.71. The SMILES string of the molecule is CCCCC1=CN(c2ccccc2OC)NN1Cc1ccc(-c2ccccc2-c2nnn[nH]2)nc1. The number of unbranched alkanes of at least 4 members (excludes halogenated alkanes) is 1. The highest BCUT2D eigenvalue weighted by molar-refractivity contribution is 5.78. The Morgan fingerprint density at radius 1 is 0.971 bits per heavy atom. The molecule has 0 bridgehead atoms. The third kappa shape index (κ3) is 4.85. The van der Waals surface area contributed by atoms with Crippen molar-refractivity contribution in [1.29, 1.82) is 0 Å². The van der Waals surface area contributed by atoms with Crippen molar-refractivity contribution in [2.45, 2.75) is 32.7 Å². The number of para-hydroxylation sites is 2. The van der Waals surface area contributed by atoms with Crippen molar-refractivity contribution >= 4 is 5.69 Å². The molecule has 1 aliphatic heterocycles. The number of methoxy groups -OCH3 is 1. The summed E-state index contributed by atoms with van der Waals surface area (Å²) in [6.45, 7) is 2.89. The predicted molar refractivity (Wildman–Crippen MR) is 135 cm³/mol. The number of aromatic amines is 1. The third-order valence-corrected chi connectivity index (χ3v) is 5.95. The fraction of sp³-hybridized carbons (Fsp3) is 0.231. The van der Waals surface area contributed by atoms with Gasteiger partial charge in [0.1, 0.15) is 11.4 Å². The number of nitrogens with one attached hydrogen (secondary N) is 2. The molecule has 0 saturated carbocycles. The first-order valence-electron chi connectivity index (χ1n) is 11.7. The van der Waals surface area contributed by atoms with Gasteiger partial charge in [0.05, 0.1) is 19.3 Å². The quantitative estimate of drug-likeness (QED) is 0.365. The van der Waals surface area contributed by atoms with Crippen molar-refractivity contribution < 1.29 is 4.74 Å². The van der Waals surface area contributed by atoms with Crippen LogP contribution < -0.4 is 15.3 Å². The molecule has 0 spiro atoms. The van der Waals surface area contributed by atoms with Crippen molar-refractivity contribution in [3.05, 3.63) is 84.3 Å². The summed E-state index contributed by atoms with van der Waals surface area (Å²) >= 11 is 0. The number of rotatable bonds is 9. The zero-order valence-electron chi connectivity index (χ0n) is 19.8. The Kier molecular flexibility index (Phi) is 6.67. The van der Waals surface area contributed by atoms with E-state index in [4.69, 9.17) is 9.72 Å². The highest BCUT2D eigenvalue weighted by Gasteiger charge is 2.23. The van der Waals surface area contributed by atoms with Gasteiger partial charge in [-0.05, 0) is 47.0 Å². The molecule has 0 amide bonds. The molecule has 2 aromatic heterocycles. The van der Waals surface area contributed by atoms with E-state index in [9.17, 15) is 0 Å². The average Bonchev–Trinajstić information content (AvgIpc) is 3.58. The highest BCUT2D eigenvalue weighted by atomic mass is 16.5. The molecular weight excluding hydrogens is 440 g/mol. The summed E-state index contributed by atoms with van der Waals surface area (Å²) < 4.78 is 5.57. The van der Waals surface area contributed by atoms with Crippen LogP contribution in [0.3, 0.4) is 0 Å². The van der Waals surface area contributed by atoms with Gasteiger partial charge in [0.2, 0.25) is 0 Å². The molecule has 5 rings (SSSR count). The topological polar surface area (TPSA) is 95.1 Å². The zero-order chi connectivity index (χ0) is 24.0. The van der Waals surface area contributed by atoms with E-state index in [0.717, 1.165) is 53.1 Å². The van der Waals surface area contributed by atoms with E-state index in [1.54, 1.807) is 7.11 Å². The Morgan fingerprint density at radius 2 is 1.80 bits per heavy atom. The summed E-state index contributed by atoms with van der Waals surface area (Å²) in [7, 11) is 1.69. The van der Waals surface area contributed by atoms with E-state index in [0.29, 0.717) is 12.4 Å². The van der Waals surface area contributed by atoms with Gasteiger partial charge in [-0.25, -0.2) is 5.10 Å². The number of anilines is 1. The van der Waals surface area contributed by atoms with Gasteiger partial charge in [0.15, 0.2) is 5.82 Å². The van der Waals surface area contributed by atoms with E-state index in [1.807, 2.05) is 65.8 Å². The van der Waals surface area contributed by atoms with Gasteiger partial charge in [0, 0.05) is 29.2 Å². The van der Waals surface area contributed by atoms with Crippen LogP contribution in [0.4, 0.5) is 5.69 Å². The van der Waals surface area contributed by atoms with Crippen molar-refractivity contribution in [3.8, 4) is 28.4 Å². The van der Waals surface area contributed by atoms with Crippen LogP contribution >= 0.6 is 0 Å². The summed E-state index contributed by atoms with van der Waals surface area (Å²) in [5, 5.41) is 18.5. The van der Waals surface area contributed by atoms with Crippen LogP contribution in [0.2, 0.25) is 0 Å². The Labute approximate surface area is 204 Å². The summed E-state index contributed by atoms with van der Waals surface area (Å²) in [5.41, 5.74) is 9.56. The molecule has 9 heteroatoms. The smallest absolute Gasteiger partial charge is 0.180 e. The van der Waals surface area contributed by atoms with E-state index in [-0.39, 0.29) is 0 Å². The standard InChI is InChI=1S/C26H28N8O/c1-3-4-9-20-18-34(24-12-7-8-13-25(24)35-2)32-33(20)17-19-14-15-23(27-16-19)21-10-5-6-11-22(21)26-28-30-31-29-26/h5-8,10-16,18,32H,3-4,9,17H2,1-2H3,(H,28,29,30,31). The number of hydrogen-bond acceptors (Lipinski definition) is 8. The second-order valence-corrected chi connectivity index (χ2v) is 8.30. The van der Waals surface area contributed by atoms with Crippen LogP contribution in [0, 0.1) is 0 Å². The van der Waals surface area contributed by atoms with Crippen LogP contribution in [0.5, 0.6) is 5.75 Å². The van der Waals surface area contributed by atoms with Gasteiger partial charge in [-0.2, -0.15) is 0 Å². The molecule has 2 aromatic carbocycles. The van der Waals surface area contributed by atoms with Crippen molar-refractivity contribution in [2.24, 2.45) is 0 Å². The molecule has 0 saturated heterocycles.